The van der Waals surface area contributed by atoms with Gasteiger partial charge < -0.3 is 10.0 Å². The zero-order valence-corrected chi connectivity index (χ0v) is 11.5. The molecule has 0 aromatic heterocycles. The Balaban J connectivity index is 1.77. The number of benzene rings is 1. The molecule has 0 unspecified atom stereocenters. The van der Waals surface area contributed by atoms with Crippen molar-refractivity contribution < 1.29 is 14.7 Å². The molecule has 1 saturated heterocycles. The summed E-state index contributed by atoms with van der Waals surface area (Å²) in [5, 5.41) is 8.61. The SMILES string of the molecule is O=C(O)CCCN1CCN(C(=O)c2ccccc2)CC1. The highest BCUT2D eigenvalue weighted by molar-refractivity contribution is 5.94. The minimum atomic E-state index is -0.747. The van der Waals surface area contributed by atoms with E-state index >= 15 is 0 Å². The summed E-state index contributed by atoms with van der Waals surface area (Å²) in [6.45, 7) is 3.84. The molecule has 1 aromatic carbocycles. The minimum Gasteiger partial charge on any atom is -0.481 e. The van der Waals surface area contributed by atoms with E-state index in [1.165, 1.54) is 0 Å². The average molecular weight is 276 g/mol. The lowest BCUT2D eigenvalue weighted by Crippen LogP contribution is -2.48. The fourth-order valence-corrected chi connectivity index (χ4v) is 2.39. The molecule has 2 rings (SSSR count). The van der Waals surface area contributed by atoms with Crippen LogP contribution in [0.2, 0.25) is 0 Å². The number of nitrogens with zero attached hydrogens (tertiary/aromatic N) is 2. The number of carboxylic acids is 1. The third-order valence-electron chi connectivity index (χ3n) is 3.55. The zero-order valence-electron chi connectivity index (χ0n) is 11.5. The van der Waals surface area contributed by atoms with E-state index in [-0.39, 0.29) is 12.3 Å². The van der Waals surface area contributed by atoms with Gasteiger partial charge in [0.25, 0.3) is 5.91 Å². The Morgan fingerprint density at radius 1 is 1.05 bits per heavy atom. The van der Waals surface area contributed by atoms with Gasteiger partial charge in [0.05, 0.1) is 0 Å². The van der Waals surface area contributed by atoms with Crippen molar-refractivity contribution in [2.24, 2.45) is 0 Å². The van der Waals surface area contributed by atoms with Crippen LogP contribution in [0.5, 0.6) is 0 Å². The number of piperazine rings is 1. The van der Waals surface area contributed by atoms with Crippen LogP contribution in [0.4, 0.5) is 0 Å². The number of rotatable bonds is 5. The van der Waals surface area contributed by atoms with Crippen LogP contribution in [0.1, 0.15) is 23.2 Å². The molecule has 108 valence electrons. The maximum atomic E-state index is 12.2. The molecule has 0 radical (unpaired) electrons. The Kier molecular flexibility index (Phi) is 5.12. The van der Waals surface area contributed by atoms with Crippen LogP contribution in [-0.4, -0.2) is 59.5 Å². The lowest BCUT2D eigenvalue weighted by Gasteiger charge is -2.34. The predicted octanol–water partition coefficient (Wildman–Crippen LogP) is 1.31. The second-order valence-corrected chi connectivity index (χ2v) is 5.00. The topological polar surface area (TPSA) is 60.9 Å². The summed E-state index contributed by atoms with van der Waals surface area (Å²) in [5.74, 6) is -0.668. The summed E-state index contributed by atoms with van der Waals surface area (Å²) in [7, 11) is 0. The first-order chi connectivity index (χ1) is 9.66. The van der Waals surface area contributed by atoms with E-state index < -0.39 is 5.97 Å². The van der Waals surface area contributed by atoms with Crippen molar-refractivity contribution in [2.45, 2.75) is 12.8 Å². The quantitative estimate of drug-likeness (QED) is 0.881. The molecule has 1 N–H and O–H groups in total. The van der Waals surface area contributed by atoms with Crippen LogP contribution in [0.3, 0.4) is 0 Å². The predicted molar refractivity (Wildman–Crippen MR) is 75.7 cm³/mol. The standard InChI is InChI=1S/C15H20N2O3/c18-14(19)7-4-8-16-9-11-17(12-10-16)15(20)13-5-2-1-3-6-13/h1-3,5-6H,4,7-12H2,(H,18,19). The second kappa shape index (κ2) is 7.05. The van der Waals surface area contributed by atoms with Crippen molar-refractivity contribution in [3.8, 4) is 0 Å². The van der Waals surface area contributed by atoms with Crippen LogP contribution >= 0.6 is 0 Å². The molecule has 5 nitrogen and oxygen atoms in total. The molecule has 0 spiro atoms. The molecular weight excluding hydrogens is 256 g/mol. The van der Waals surface area contributed by atoms with Gasteiger partial charge >= 0.3 is 5.97 Å². The lowest BCUT2D eigenvalue weighted by atomic mass is 10.2. The van der Waals surface area contributed by atoms with Crippen molar-refractivity contribution in [1.29, 1.82) is 0 Å². The van der Waals surface area contributed by atoms with Crippen molar-refractivity contribution in [3.63, 3.8) is 0 Å². The van der Waals surface area contributed by atoms with E-state index in [1.54, 1.807) is 0 Å². The van der Waals surface area contributed by atoms with E-state index in [4.69, 9.17) is 5.11 Å². The van der Waals surface area contributed by atoms with Crippen LogP contribution in [0.25, 0.3) is 0 Å². The van der Waals surface area contributed by atoms with Gasteiger partial charge in [-0.05, 0) is 25.1 Å². The largest absolute Gasteiger partial charge is 0.481 e. The summed E-state index contributed by atoms with van der Waals surface area (Å²) >= 11 is 0. The summed E-state index contributed by atoms with van der Waals surface area (Å²) in [5.41, 5.74) is 0.729. The van der Waals surface area contributed by atoms with E-state index in [2.05, 4.69) is 4.90 Å². The molecule has 0 aliphatic carbocycles. The first-order valence-electron chi connectivity index (χ1n) is 6.95. The number of aliphatic carboxylic acids is 1. The van der Waals surface area contributed by atoms with E-state index in [0.29, 0.717) is 19.5 Å². The Morgan fingerprint density at radius 2 is 1.70 bits per heavy atom. The highest BCUT2D eigenvalue weighted by Crippen LogP contribution is 2.09. The zero-order chi connectivity index (χ0) is 14.4. The summed E-state index contributed by atoms with van der Waals surface area (Å²) in [6, 6.07) is 9.31. The van der Waals surface area contributed by atoms with Gasteiger partial charge in [-0.3, -0.25) is 14.5 Å². The normalized spacial score (nSPS) is 16.1. The Bertz CT molecular complexity index is 453. The molecule has 1 fully saturated rings. The molecule has 0 saturated carbocycles. The Morgan fingerprint density at radius 3 is 2.30 bits per heavy atom. The van der Waals surface area contributed by atoms with Gasteiger partial charge in [0.2, 0.25) is 0 Å². The summed E-state index contributed by atoms with van der Waals surface area (Å²) in [6.07, 6.45) is 0.880. The molecule has 20 heavy (non-hydrogen) atoms. The molecule has 1 aliphatic heterocycles. The van der Waals surface area contributed by atoms with Gasteiger partial charge in [-0.2, -0.15) is 0 Å². The monoisotopic (exact) mass is 276 g/mol. The third-order valence-corrected chi connectivity index (χ3v) is 3.55. The van der Waals surface area contributed by atoms with Crippen LogP contribution < -0.4 is 0 Å². The van der Waals surface area contributed by atoms with Gasteiger partial charge in [0.15, 0.2) is 0 Å². The maximum absolute atomic E-state index is 12.2. The van der Waals surface area contributed by atoms with E-state index in [0.717, 1.165) is 25.2 Å². The number of carbonyl (C=O) groups excluding carboxylic acids is 1. The average Bonchev–Trinajstić information content (AvgIpc) is 2.48. The number of hydrogen-bond donors (Lipinski definition) is 1. The van der Waals surface area contributed by atoms with Crippen molar-refractivity contribution in [2.75, 3.05) is 32.7 Å². The first-order valence-corrected chi connectivity index (χ1v) is 6.95. The summed E-state index contributed by atoms with van der Waals surface area (Å²) < 4.78 is 0. The van der Waals surface area contributed by atoms with Gasteiger partial charge in [0.1, 0.15) is 0 Å². The minimum absolute atomic E-state index is 0.0794. The van der Waals surface area contributed by atoms with Crippen LogP contribution in [0.15, 0.2) is 30.3 Å². The maximum Gasteiger partial charge on any atom is 0.303 e. The van der Waals surface area contributed by atoms with Crippen LogP contribution in [0, 0.1) is 0 Å². The van der Waals surface area contributed by atoms with Gasteiger partial charge in [-0.25, -0.2) is 0 Å². The Hall–Kier alpha value is -1.88. The second-order valence-electron chi connectivity index (χ2n) is 5.00. The molecule has 1 amide bonds. The summed E-state index contributed by atoms with van der Waals surface area (Å²) in [4.78, 5) is 26.8. The Labute approximate surface area is 118 Å². The van der Waals surface area contributed by atoms with Crippen LogP contribution in [-0.2, 0) is 4.79 Å². The van der Waals surface area contributed by atoms with Crippen molar-refractivity contribution in [1.82, 2.24) is 9.80 Å². The molecule has 5 heteroatoms. The first kappa shape index (κ1) is 14.5. The highest BCUT2D eigenvalue weighted by atomic mass is 16.4. The van der Waals surface area contributed by atoms with Gasteiger partial charge in [0, 0.05) is 38.2 Å². The fraction of sp³-hybridized carbons (Fsp3) is 0.467. The third kappa shape index (κ3) is 4.06. The highest BCUT2D eigenvalue weighted by Gasteiger charge is 2.21. The van der Waals surface area contributed by atoms with Gasteiger partial charge in [-0.1, -0.05) is 18.2 Å². The molecular formula is C15H20N2O3. The number of carboxylic acid groups (broad SMARTS) is 1. The van der Waals surface area contributed by atoms with E-state index in [1.807, 2.05) is 35.2 Å². The molecule has 1 aliphatic rings. The molecule has 1 aromatic rings. The number of amides is 1. The van der Waals surface area contributed by atoms with Crippen molar-refractivity contribution >= 4 is 11.9 Å². The van der Waals surface area contributed by atoms with Gasteiger partial charge in [-0.15, -0.1) is 0 Å². The molecule has 0 bridgehead atoms. The number of carbonyl (C=O) groups is 2. The fourth-order valence-electron chi connectivity index (χ4n) is 2.39. The number of hydrogen-bond acceptors (Lipinski definition) is 3. The molecule has 0 atom stereocenters. The lowest BCUT2D eigenvalue weighted by molar-refractivity contribution is -0.137. The smallest absolute Gasteiger partial charge is 0.303 e. The van der Waals surface area contributed by atoms with Crippen molar-refractivity contribution in [3.05, 3.63) is 35.9 Å². The molecule has 1 heterocycles. The van der Waals surface area contributed by atoms with E-state index in [9.17, 15) is 9.59 Å².